The van der Waals surface area contributed by atoms with E-state index in [0.29, 0.717) is 6.42 Å². The number of H-pyrrole nitrogens is 1. The maximum absolute atomic E-state index is 11.9. The molecular formula is C12H17N3O4. The molecule has 0 spiro atoms. The minimum atomic E-state index is -0.730. The van der Waals surface area contributed by atoms with E-state index in [1.54, 1.807) is 0 Å². The molecule has 0 saturated carbocycles. The van der Waals surface area contributed by atoms with Crippen LogP contribution in [0.25, 0.3) is 0 Å². The second kappa shape index (κ2) is 6.67. The van der Waals surface area contributed by atoms with E-state index in [-0.39, 0.29) is 11.6 Å². The number of hydrogen-bond donors (Lipinski definition) is 2. The third-order valence-electron chi connectivity index (χ3n) is 2.41. The Kier molecular flexibility index (Phi) is 5.23. The van der Waals surface area contributed by atoms with Crippen molar-refractivity contribution in [2.45, 2.75) is 26.3 Å². The molecule has 0 bridgehead atoms. The first-order valence-corrected chi connectivity index (χ1v) is 5.88. The van der Waals surface area contributed by atoms with Gasteiger partial charge in [0.25, 0.3) is 11.5 Å². The zero-order valence-electron chi connectivity index (χ0n) is 11.1. The highest BCUT2D eigenvalue weighted by Crippen LogP contribution is 2.07. The number of nitrogens with one attached hydrogen (secondary N) is 2. The average Bonchev–Trinajstić information content (AvgIpc) is 2.37. The van der Waals surface area contributed by atoms with Gasteiger partial charge in [-0.15, -0.1) is 0 Å². The van der Waals surface area contributed by atoms with Crippen LogP contribution in [-0.4, -0.2) is 35.2 Å². The van der Waals surface area contributed by atoms with Crippen LogP contribution in [0.3, 0.4) is 0 Å². The van der Waals surface area contributed by atoms with Gasteiger partial charge in [-0.2, -0.15) is 5.10 Å². The minimum absolute atomic E-state index is 0.0391. The van der Waals surface area contributed by atoms with Gasteiger partial charge in [-0.3, -0.25) is 9.59 Å². The summed E-state index contributed by atoms with van der Waals surface area (Å²) in [7, 11) is 1.26. The van der Waals surface area contributed by atoms with Crippen molar-refractivity contribution in [3.05, 3.63) is 28.2 Å². The Morgan fingerprint density at radius 2 is 2.11 bits per heavy atom. The summed E-state index contributed by atoms with van der Waals surface area (Å²) in [5.74, 6) is -0.827. The number of hydrogen-bond acceptors (Lipinski definition) is 5. The lowest BCUT2D eigenvalue weighted by Crippen LogP contribution is -2.42. The highest BCUT2D eigenvalue weighted by Gasteiger charge is 2.23. The van der Waals surface area contributed by atoms with Crippen molar-refractivity contribution in [1.29, 1.82) is 0 Å². The van der Waals surface area contributed by atoms with Crippen molar-refractivity contribution in [3.8, 4) is 0 Å². The summed E-state index contributed by atoms with van der Waals surface area (Å²) in [4.78, 5) is 34.3. The Morgan fingerprint density at radius 3 is 2.58 bits per heavy atom. The highest BCUT2D eigenvalue weighted by atomic mass is 16.5. The Morgan fingerprint density at radius 1 is 1.42 bits per heavy atom. The van der Waals surface area contributed by atoms with E-state index in [9.17, 15) is 14.4 Å². The molecule has 7 heteroatoms. The van der Waals surface area contributed by atoms with Crippen LogP contribution in [-0.2, 0) is 9.53 Å². The quantitative estimate of drug-likeness (QED) is 0.736. The van der Waals surface area contributed by atoms with Crippen LogP contribution in [0.5, 0.6) is 0 Å². The molecule has 0 aliphatic carbocycles. The van der Waals surface area contributed by atoms with E-state index in [2.05, 4.69) is 20.3 Å². The van der Waals surface area contributed by atoms with Gasteiger partial charge in [0.1, 0.15) is 11.7 Å². The van der Waals surface area contributed by atoms with Crippen molar-refractivity contribution in [3.63, 3.8) is 0 Å². The Hall–Kier alpha value is -2.18. The van der Waals surface area contributed by atoms with E-state index in [0.717, 1.165) is 0 Å². The second-order valence-corrected chi connectivity index (χ2v) is 4.49. The molecule has 0 saturated heterocycles. The van der Waals surface area contributed by atoms with Crippen molar-refractivity contribution < 1.29 is 14.3 Å². The van der Waals surface area contributed by atoms with Gasteiger partial charge in [0, 0.05) is 6.07 Å². The molecule has 1 atom stereocenters. The summed E-state index contributed by atoms with van der Waals surface area (Å²) in [6.07, 6.45) is 0.460. The predicted molar refractivity (Wildman–Crippen MR) is 67.6 cm³/mol. The average molecular weight is 267 g/mol. The van der Waals surface area contributed by atoms with Crippen LogP contribution < -0.4 is 10.9 Å². The molecule has 0 fully saturated rings. The number of ether oxygens (including phenoxy) is 1. The molecule has 0 radical (unpaired) electrons. The standard InChI is InChI=1S/C12H17N3O4/c1-7(2)6-9(12(18)19-3)13-11(17)8-4-5-10(16)15-14-8/h4-5,7,9H,6H2,1-3H3,(H,13,17)(H,15,16). The largest absolute Gasteiger partial charge is 0.467 e. The third kappa shape index (κ3) is 4.53. The summed E-state index contributed by atoms with van der Waals surface area (Å²) in [5.41, 5.74) is -0.361. The number of esters is 1. The number of aromatic amines is 1. The van der Waals surface area contributed by atoms with Crippen molar-refractivity contribution >= 4 is 11.9 Å². The van der Waals surface area contributed by atoms with Crippen LogP contribution in [0.4, 0.5) is 0 Å². The van der Waals surface area contributed by atoms with Crippen LogP contribution in [0.1, 0.15) is 30.8 Å². The fourth-order valence-corrected chi connectivity index (χ4v) is 1.53. The normalized spacial score (nSPS) is 12.0. The molecule has 104 valence electrons. The fraction of sp³-hybridized carbons (Fsp3) is 0.500. The minimum Gasteiger partial charge on any atom is -0.467 e. The van der Waals surface area contributed by atoms with Gasteiger partial charge in [0.05, 0.1) is 7.11 Å². The van der Waals surface area contributed by atoms with Gasteiger partial charge in [-0.25, -0.2) is 9.89 Å². The fourth-order valence-electron chi connectivity index (χ4n) is 1.53. The van der Waals surface area contributed by atoms with Crippen LogP contribution in [0, 0.1) is 5.92 Å². The third-order valence-corrected chi connectivity index (χ3v) is 2.41. The first-order chi connectivity index (χ1) is 8.93. The molecule has 1 rings (SSSR count). The molecule has 0 aromatic carbocycles. The molecule has 1 aromatic rings. The van der Waals surface area contributed by atoms with Gasteiger partial charge in [-0.05, 0) is 18.4 Å². The zero-order valence-corrected chi connectivity index (χ0v) is 11.1. The lowest BCUT2D eigenvalue weighted by atomic mass is 10.0. The van der Waals surface area contributed by atoms with Gasteiger partial charge >= 0.3 is 5.97 Å². The molecule has 1 heterocycles. The Balaban J connectivity index is 2.78. The Bertz CT molecular complexity index is 489. The molecular weight excluding hydrogens is 250 g/mol. The maximum atomic E-state index is 11.9. The number of aromatic nitrogens is 2. The van der Waals surface area contributed by atoms with Gasteiger partial charge in [0.2, 0.25) is 0 Å². The van der Waals surface area contributed by atoms with Crippen molar-refractivity contribution in [2.75, 3.05) is 7.11 Å². The summed E-state index contributed by atoms with van der Waals surface area (Å²) in [5, 5.41) is 8.29. The topological polar surface area (TPSA) is 101 Å². The van der Waals surface area contributed by atoms with Crippen LogP contribution >= 0.6 is 0 Å². The van der Waals surface area contributed by atoms with E-state index >= 15 is 0 Å². The molecule has 19 heavy (non-hydrogen) atoms. The lowest BCUT2D eigenvalue weighted by molar-refractivity contribution is -0.143. The maximum Gasteiger partial charge on any atom is 0.328 e. The van der Waals surface area contributed by atoms with Crippen molar-refractivity contribution in [1.82, 2.24) is 15.5 Å². The molecule has 2 N–H and O–H groups in total. The van der Waals surface area contributed by atoms with Gasteiger partial charge < -0.3 is 10.1 Å². The van der Waals surface area contributed by atoms with E-state index in [4.69, 9.17) is 0 Å². The van der Waals surface area contributed by atoms with Gasteiger partial charge in [0.15, 0.2) is 0 Å². The number of rotatable bonds is 5. The van der Waals surface area contributed by atoms with Crippen LogP contribution in [0.15, 0.2) is 16.9 Å². The van der Waals surface area contributed by atoms with Crippen molar-refractivity contribution in [2.24, 2.45) is 5.92 Å². The number of carbonyl (C=O) groups excluding carboxylic acids is 2. The predicted octanol–water partition coefficient (Wildman–Crippen LogP) is 0.0874. The Labute approximate surface area is 110 Å². The number of methoxy groups -OCH3 is 1. The summed E-state index contributed by atoms with van der Waals surface area (Å²) >= 11 is 0. The summed E-state index contributed by atoms with van der Waals surface area (Å²) in [6.45, 7) is 3.86. The van der Waals surface area contributed by atoms with Gasteiger partial charge in [-0.1, -0.05) is 13.8 Å². The lowest BCUT2D eigenvalue weighted by Gasteiger charge is -2.17. The number of amides is 1. The first-order valence-electron chi connectivity index (χ1n) is 5.88. The zero-order chi connectivity index (χ0) is 14.4. The summed E-state index contributed by atoms with van der Waals surface area (Å²) in [6, 6.07) is 1.75. The molecule has 0 aliphatic rings. The molecule has 1 amide bonds. The second-order valence-electron chi connectivity index (χ2n) is 4.49. The first kappa shape index (κ1) is 14.9. The van der Waals surface area contributed by atoms with E-state index in [1.807, 2.05) is 13.8 Å². The molecule has 7 nitrogen and oxygen atoms in total. The smallest absolute Gasteiger partial charge is 0.328 e. The summed E-state index contributed by atoms with van der Waals surface area (Å²) < 4.78 is 4.64. The van der Waals surface area contributed by atoms with E-state index < -0.39 is 23.5 Å². The number of carbonyl (C=O) groups is 2. The SMILES string of the molecule is COC(=O)C(CC(C)C)NC(=O)c1ccc(=O)[nH]n1. The highest BCUT2D eigenvalue weighted by molar-refractivity contribution is 5.94. The molecule has 0 aliphatic heterocycles. The molecule has 1 unspecified atom stereocenters. The monoisotopic (exact) mass is 267 g/mol. The van der Waals surface area contributed by atoms with Crippen LogP contribution in [0.2, 0.25) is 0 Å². The van der Waals surface area contributed by atoms with E-state index in [1.165, 1.54) is 19.2 Å². The number of nitrogens with zero attached hydrogens (tertiary/aromatic N) is 1. The molecule has 1 aromatic heterocycles.